The van der Waals surface area contributed by atoms with E-state index in [1.54, 1.807) is 0 Å². The van der Waals surface area contributed by atoms with Crippen molar-refractivity contribution >= 4 is 7.82 Å². The molecular formula is C13H28NO10P. The lowest BCUT2D eigenvalue weighted by Crippen LogP contribution is -2.61. The lowest BCUT2D eigenvalue weighted by atomic mass is 9.96. The summed E-state index contributed by atoms with van der Waals surface area (Å²) >= 11 is 0. The third-order valence-corrected chi connectivity index (χ3v) is 4.55. The topological polar surface area (TPSA) is 203 Å². The van der Waals surface area contributed by atoms with Crippen molar-refractivity contribution in [3.05, 3.63) is 0 Å². The van der Waals surface area contributed by atoms with Gasteiger partial charge in [0.25, 0.3) is 0 Å². The Labute approximate surface area is 145 Å². The molecule has 2 fully saturated rings. The van der Waals surface area contributed by atoms with Crippen molar-refractivity contribution in [1.82, 2.24) is 0 Å². The summed E-state index contributed by atoms with van der Waals surface area (Å²) in [6, 6.07) is 0.536. The van der Waals surface area contributed by atoms with Crippen LogP contribution in [0.5, 0.6) is 0 Å². The van der Waals surface area contributed by atoms with Gasteiger partial charge in [-0.2, -0.15) is 0 Å². The molecule has 0 aromatic rings. The maximum absolute atomic E-state index is 10.6. The Morgan fingerprint density at radius 2 is 1.64 bits per heavy atom. The summed E-state index contributed by atoms with van der Waals surface area (Å²) < 4.78 is 19.4. The second-order valence-corrected chi connectivity index (χ2v) is 7.38. The van der Waals surface area contributed by atoms with E-state index in [-0.39, 0.29) is 0 Å². The minimum Gasteiger partial charge on any atom is -0.394 e. The Morgan fingerprint density at radius 3 is 2.04 bits per heavy atom. The van der Waals surface area contributed by atoms with Gasteiger partial charge in [-0.1, -0.05) is 19.3 Å². The first-order chi connectivity index (χ1) is 11.6. The van der Waals surface area contributed by atoms with E-state index in [4.69, 9.17) is 25.4 Å². The molecule has 1 saturated carbocycles. The Bertz CT molecular complexity index is 429. The van der Waals surface area contributed by atoms with Crippen molar-refractivity contribution in [3.63, 3.8) is 0 Å². The van der Waals surface area contributed by atoms with Gasteiger partial charge in [-0.25, -0.2) is 4.57 Å². The molecule has 0 radical (unpaired) electrons. The predicted octanol–water partition coefficient (Wildman–Crippen LogP) is -2.47. The summed E-state index contributed by atoms with van der Waals surface area (Å²) in [5, 5.41) is 46.3. The average Bonchev–Trinajstić information content (AvgIpc) is 2.55. The van der Waals surface area contributed by atoms with Gasteiger partial charge < -0.3 is 45.8 Å². The second-order valence-electron chi connectivity index (χ2n) is 6.18. The zero-order valence-corrected chi connectivity index (χ0v) is 14.6. The number of ether oxygens (including phenoxy) is 1. The first-order valence-corrected chi connectivity index (χ1v) is 9.58. The number of hydrogen-bond acceptors (Lipinski definition) is 9. The van der Waals surface area contributed by atoms with Crippen LogP contribution >= 0.6 is 7.82 Å². The zero-order chi connectivity index (χ0) is 19.2. The van der Waals surface area contributed by atoms with Gasteiger partial charge in [-0.3, -0.25) is 4.52 Å². The van der Waals surface area contributed by atoms with Crippen LogP contribution < -0.4 is 5.73 Å². The van der Waals surface area contributed by atoms with Crippen molar-refractivity contribution in [1.29, 1.82) is 0 Å². The van der Waals surface area contributed by atoms with Crippen LogP contribution in [0.3, 0.4) is 0 Å². The first kappa shape index (κ1) is 22.9. The minimum atomic E-state index is -5.00. The first-order valence-electron chi connectivity index (χ1n) is 8.05. The molecule has 6 atom stereocenters. The SMILES string of the molecule is NC1CCCCC1.O=P(O)(O)OC1OC(C(O)CO)C(O)C(O)C1O. The van der Waals surface area contributed by atoms with E-state index in [2.05, 4.69) is 4.52 Å². The summed E-state index contributed by atoms with van der Waals surface area (Å²) in [5.41, 5.74) is 5.63. The Kier molecular flexibility index (Phi) is 9.37. The number of nitrogens with two attached hydrogens (primary N) is 1. The van der Waals surface area contributed by atoms with Crippen molar-refractivity contribution in [2.24, 2.45) is 5.73 Å². The third kappa shape index (κ3) is 7.53. The van der Waals surface area contributed by atoms with Gasteiger partial charge in [0.1, 0.15) is 30.5 Å². The van der Waals surface area contributed by atoms with Crippen LogP contribution in [-0.2, 0) is 13.8 Å². The fourth-order valence-electron chi connectivity index (χ4n) is 2.65. The van der Waals surface area contributed by atoms with E-state index in [1.807, 2.05) is 0 Å². The van der Waals surface area contributed by atoms with Gasteiger partial charge in [0.05, 0.1) is 6.61 Å². The monoisotopic (exact) mass is 389 g/mol. The standard InChI is InChI=1S/C7H15O10P.C6H13N/c8-1-2(9)6-4(11)3(10)5(12)7(16-6)17-18(13,14)15;7-6-4-2-1-3-5-6/h2-12H,1H2,(H2,13,14,15);6H,1-5,7H2. The molecular weight excluding hydrogens is 361 g/mol. The van der Waals surface area contributed by atoms with Gasteiger partial charge in [0.2, 0.25) is 0 Å². The molecule has 150 valence electrons. The highest BCUT2D eigenvalue weighted by atomic mass is 31.2. The molecule has 0 aromatic heterocycles. The van der Waals surface area contributed by atoms with Gasteiger partial charge in [-0.15, -0.1) is 0 Å². The van der Waals surface area contributed by atoms with E-state index in [0.29, 0.717) is 6.04 Å². The average molecular weight is 389 g/mol. The lowest BCUT2D eigenvalue weighted by Gasteiger charge is -2.41. The van der Waals surface area contributed by atoms with E-state index in [0.717, 1.165) is 0 Å². The van der Waals surface area contributed by atoms with Gasteiger partial charge >= 0.3 is 7.82 Å². The van der Waals surface area contributed by atoms with Gasteiger partial charge in [0.15, 0.2) is 6.29 Å². The van der Waals surface area contributed by atoms with Crippen LogP contribution in [0.4, 0.5) is 0 Å². The highest BCUT2D eigenvalue weighted by molar-refractivity contribution is 7.46. The highest BCUT2D eigenvalue weighted by Gasteiger charge is 2.48. The van der Waals surface area contributed by atoms with Crippen molar-refractivity contribution in [2.75, 3.05) is 6.61 Å². The molecule has 0 spiro atoms. The fraction of sp³-hybridized carbons (Fsp3) is 1.00. The molecule has 2 rings (SSSR count). The molecule has 1 saturated heterocycles. The van der Waals surface area contributed by atoms with Gasteiger partial charge in [-0.05, 0) is 12.8 Å². The number of aliphatic hydroxyl groups excluding tert-OH is 5. The third-order valence-electron chi connectivity index (χ3n) is 4.06. The zero-order valence-electron chi connectivity index (χ0n) is 13.7. The van der Waals surface area contributed by atoms with Crippen molar-refractivity contribution in [3.8, 4) is 0 Å². The molecule has 11 nitrogen and oxygen atoms in total. The van der Waals surface area contributed by atoms with Gasteiger partial charge in [0, 0.05) is 6.04 Å². The molecule has 0 bridgehead atoms. The molecule has 12 heteroatoms. The minimum absolute atomic E-state index is 0.536. The summed E-state index contributed by atoms with van der Waals surface area (Å²) in [5.74, 6) is 0. The quantitative estimate of drug-likeness (QED) is 0.237. The Morgan fingerprint density at radius 1 is 1.08 bits per heavy atom. The van der Waals surface area contributed by atoms with E-state index < -0.39 is 51.2 Å². The van der Waals surface area contributed by atoms with Crippen LogP contribution in [0, 0.1) is 0 Å². The summed E-state index contributed by atoms with van der Waals surface area (Å²) in [6.45, 7) is -0.826. The molecule has 6 unspecified atom stereocenters. The normalized spacial score (nSPS) is 35.6. The molecule has 9 N–H and O–H groups in total. The molecule has 0 aromatic carbocycles. The molecule has 25 heavy (non-hydrogen) atoms. The second kappa shape index (κ2) is 10.2. The number of rotatable bonds is 4. The lowest BCUT2D eigenvalue weighted by molar-refractivity contribution is -0.293. The van der Waals surface area contributed by atoms with Crippen LogP contribution in [0.1, 0.15) is 32.1 Å². The van der Waals surface area contributed by atoms with Crippen LogP contribution in [0.25, 0.3) is 0 Å². The predicted molar refractivity (Wildman–Crippen MR) is 84.0 cm³/mol. The Hall–Kier alpha value is -0.170. The number of phosphoric ester groups is 1. The molecule has 1 heterocycles. The maximum atomic E-state index is 10.6. The smallest absolute Gasteiger partial charge is 0.394 e. The summed E-state index contributed by atoms with van der Waals surface area (Å²) in [6.07, 6.45) is -4.00. The molecule has 1 aliphatic heterocycles. The maximum Gasteiger partial charge on any atom is 0.472 e. The largest absolute Gasteiger partial charge is 0.472 e. The van der Waals surface area contributed by atoms with E-state index >= 15 is 0 Å². The number of aliphatic hydroxyl groups is 5. The molecule has 2 aliphatic rings. The van der Waals surface area contributed by atoms with E-state index in [1.165, 1.54) is 32.1 Å². The fourth-order valence-corrected chi connectivity index (χ4v) is 3.10. The summed E-state index contributed by atoms with van der Waals surface area (Å²) in [4.78, 5) is 17.1. The van der Waals surface area contributed by atoms with Crippen LogP contribution in [0.15, 0.2) is 0 Å². The van der Waals surface area contributed by atoms with Crippen molar-refractivity contribution < 1.29 is 49.1 Å². The van der Waals surface area contributed by atoms with Crippen LogP contribution in [-0.4, -0.2) is 84.8 Å². The highest BCUT2D eigenvalue weighted by Crippen LogP contribution is 2.40. The Balaban J connectivity index is 0.000000370. The summed E-state index contributed by atoms with van der Waals surface area (Å²) in [7, 11) is -5.00. The van der Waals surface area contributed by atoms with Crippen molar-refractivity contribution in [2.45, 2.75) is 75.0 Å². The number of phosphoric acid groups is 1. The molecule has 0 amide bonds. The van der Waals surface area contributed by atoms with Crippen LogP contribution in [0.2, 0.25) is 0 Å². The molecule has 1 aliphatic carbocycles. The van der Waals surface area contributed by atoms with E-state index in [9.17, 15) is 25.0 Å². The number of hydrogen-bond donors (Lipinski definition) is 8.